The summed E-state index contributed by atoms with van der Waals surface area (Å²) < 4.78 is 0. The van der Waals surface area contributed by atoms with Crippen LogP contribution in [0.1, 0.15) is 19.8 Å². The number of hydrogen-bond donors (Lipinski definition) is 1. The second-order valence-electron chi connectivity index (χ2n) is 2.76. The first-order valence-electron chi connectivity index (χ1n) is 2.56. The first kappa shape index (κ1) is 4.85. The second kappa shape index (κ2) is 1.10. The summed E-state index contributed by atoms with van der Waals surface area (Å²) in [6.07, 6.45) is 2.04. The van der Waals surface area contributed by atoms with Gasteiger partial charge in [0.1, 0.15) is 0 Å². The molecule has 0 aromatic rings. The van der Waals surface area contributed by atoms with Gasteiger partial charge in [0.15, 0.2) is 0 Å². The molecular weight excluding hydrogens is 86.1 g/mol. The van der Waals surface area contributed by atoms with E-state index in [0.717, 1.165) is 12.8 Å². The zero-order chi connectivity index (χ0) is 5.49. The van der Waals surface area contributed by atoms with E-state index < -0.39 is 0 Å². The van der Waals surface area contributed by atoms with Crippen LogP contribution in [0.25, 0.3) is 0 Å². The van der Waals surface area contributed by atoms with Crippen molar-refractivity contribution < 1.29 is 0 Å². The zero-order valence-corrected chi connectivity index (χ0v) is 4.70. The highest BCUT2D eigenvalue weighted by Crippen LogP contribution is 2.32. The quantitative estimate of drug-likeness (QED) is 0.449. The lowest BCUT2D eigenvalue weighted by Crippen LogP contribution is -2.44. The van der Waals surface area contributed by atoms with Crippen molar-refractivity contribution in [3.63, 3.8) is 0 Å². The Labute approximate surface area is 44.2 Å². The van der Waals surface area contributed by atoms with Gasteiger partial charge in [-0.15, -0.1) is 0 Å². The predicted molar refractivity (Wildman–Crippen MR) is 31.0 cm³/mol. The molecule has 0 bridgehead atoms. The minimum absolute atomic E-state index is 0.0943. The molecule has 1 nitrogen and oxygen atoms in total. The summed E-state index contributed by atoms with van der Waals surface area (Å²) in [5.74, 6) is 0. The lowest BCUT2D eigenvalue weighted by atomic mass is 9.76. The Morgan fingerprint density at radius 1 is 1.71 bits per heavy atom. The molecule has 1 saturated carbocycles. The van der Waals surface area contributed by atoms with E-state index >= 15 is 0 Å². The molecule has 0 aliphatic heterocycles. The molecule has 0 unspecified atom stereocenters. The molecule has 1 fully saturated rings. The Hall–Kier alpha value is -0.300. The van der Waals surface area contributed by atoms with Gasteiger partial charge in [0, 0.05) is 5.54 Å². The highest BCUT2D eigenvalue weighted by atomic mass is 14.8. The first-order chi connectivity index (χ1) is 3.10. The molecule has 0 aromatic carbocycles. The molecule has 1 aliphatic carbocycles. The monoisotopic (exact) mass is 97.1 g/mol. The third-order valence-corrected chi connectivity index (χ3v) is 1.31. The fourth-order valence-corrected chi connectivity index (χ4v) is 1.09. The SMILES string of the molecule is C=C1CC(C)(N)C1. The first-order valence-corrected chi connectivity index (χ1v) is 2.56. The van der Waals surface area contributed by atoms with Gasteiger partial charge in [0.05, 0.1) is 0 Å². The predicted octanol–water partition coefficient (Wildman–Crippen LogP) is 1.05. The highest BCUT2D eigenvalue weighted by Gasteiger charge is 2.29. The number of rotatable bonds is 0. The van der Waals surface area contributed by atoms with Crippen LogP contribution in [0.4, 0.5) is 0 Å². The van der Waals surface area contributed by atoms with E-state index in [1.165, 1.54) is 5.57 Å². The molecule has 0 aromatic heterocycles. The summed E-state index contributed by atoms with van der Waals surface area (Å²) in [6.45, 7) is 5.83. The van der Waals surface area contributed by atoms with Crippen LogP contribution >= 0.6 is 0 Å². The van der Waals surface area contributed by atoms with Crippen LogP contribution in [-0.4, -0.2) is 5.54 Å². The molecule has 40 valence electrons. The van der Waals surface area contributed by atoms with Gasteiger partial charge in [0.2, 0.25) is 0 Å². The van der Waals surface area contributed by atoms with Gasteiger partial charge in [-0.3, -0.25) is 0 Å². The number of nitrogens with two attached hydrogens (primary N) is 1. The van der Waals surface area contributed by atoms with Crippen LogP contribution in [0.5, 0.6) is 0 Å². The van der Waals surface area contributed by atoms with E-state index in [4.69, 9.17) is 5.73 Å². The Morgan fingerprint density at radius 2 is 2.14 bits per heavy atom. The molecule has 0 radical (unpaired) electrons. The summed E-state index contributed by atoms with van der Waals surface area (Å²) >= 11 is 0. The maximum Gasteiger partial charge on any atom is 0.0200 e. The Kier molecular flexibility index (Phi) is 0.762. The van der Waals surface area contributed by atoms with Crippen LogP contribution in [0.2, 0.25) is 0 Å². The molecule has 0 amide bonds. The van der Waals surface area contributed by atoms with E-state index in [-0.39, 0.29) is 5.54 Å². The Bertz CT molecular complexity index is 92.7. The van der Waals surface area contributed by atoms with Crippen molar-refractivity contribution in [3.05, 3.63) is 12.2 Å². The van der Waals surface area contributed by atoms with Gasteiger partial charge in [-0.05, 0) is 19.8 Å². The number of hydrogen-bond acceptors (Lipinski definition) is 1. The van der Waals surface area contributed by atoms with Crippen molar-refractivity contribution in [1.29, 1.82) is 0 Å². The Morgan fingerprint density at radius 3 is 2.14 bits per heavy atom. The average Bonchev–Trinajstić information content (AvgIpc) is 1.27. The fraction of sp³-hybridized carbons (Fsp3) is 0.667. The summed E-state index contributed by atoms with van der Waals surface area (Å²) in [5.41, 5.74) is 7.04. The molecule has 0 atom stereocenters. The molecule has 1 heteroatoms. The smallest absolute Gasteiger partial charge is 0.0200 e. The van der Waals surface area contributed by atoms with Crippen molar-refractivity contribution >= 4 is 0 Å². The van der Waals surface area contributed by atoms with E-state index in [1.807, 2.05) is 0 Å². The fourth-order valence-electron chi connectivity index (χ4n) is 1.09. The largest absolute Gasteiger partial charge is 0.325 e. The topological polar surface area (TPSA) is 26.0 Å². The maximum atomic E-state index is 5.65. The lowest BCUT2D eigenvalue weighted by Gasteiger charge is -2.36. The van der Waals surface area contributed by atoms with E-state index in [1.54, 1.807) is 0 Å². The van der Waals surface area contributed by atoms with Crippen LogP contribution < -0.4 is 5.73 Å². The van der Waals surface area contributed by atoms with Gasteiger partial charge in [0.25, 0.3) is 0 Å². The minimum atomic E-state index is 0.0943. The van der Waals surface area contributed by atoms with Crippen LogP contribution in [-0.2, 0) is 0 Å². The normalized spacial score (nSPS) is 26.9. The summed E-state index contributed by atoms with van der Waals surface area (Å²) in [5, 5.41) is 0. The van der Waals surface area contributed by atoms with Gasteiger partial charge in [-0.2, -0.15) is 0 Å². The van der Waals surface area contributed by atoms with Crippen molar-refractivity contribution in [3.8, 4) is 0 Å². The third kappa shape index (κ3) is 0.829. The maximum absolute atomic E-state index is 5.65. The van der Waals surface area contributed by atoms with Gasteiger partial charge in [-0.1, -0.05) is 12.2 Å². The second-order valence-corrected chi connectivity index (χ2v) is 2.76. The minimum Gasteiger partial charge on any atom is -0.325 e. The molecule has 1 aliphatic rings. The van der Waals surface area contributed by atoms with Gasteiger partial charge < -0.3 is 5.73 Å². The van der Waals surface area contributed by atoms with Crippen LogP contribution in [0.3, 0.4) is 0 Å². The summed E-state index contributed by atoms with van der Waals surface area (Å²) in [4.78, 5) is 0. The lowest BCUT2D eigenvalue weighted by molar-refractivity contribution is 0.370. The molecule has 0 heterocycles. The van der Waals surface area contributed by atoms with Gasteiger partial charge in [-0.25, -0.2) is 0 Å². The van der Waals surface area contributed by atoms with Crippen LogP contribution in [0, 0.1) is 0 Å². The summed E-state index contributed by atoms with van der Waals surface area (Å²) in [7, 11) is 0. The third-order valence-electron chi connectivity index (χ3n) is 1.31. The summed E-state index contributed by atoms with van der Waals surface area (Å²) in [6, 6.07) is 0. The highest BCUT2D eigenvalue weighted by molar-refractivity contribution is 5.16. The van der Waals surface area contributed by atoms with Gasteiger partial charge >= 0.3 is 0 Å². The molecular formula is C6H11N. The van der Waals surface area contributed by atoms with E-state index in [0.29, 0.717) is 0 Å². The molecule has 1 rings (SSSR count). The van der Waals surface area contributed by atoms with E-state index in [2.05, 4.69) is 13.5 Å². The standard InChI is InChI=1S/C6H11N/c1-5-3-6(2,7)4-5/h1,3-4,7H2,2H3. The van der Waals surface area contributed by atoms with E-state index in [9.17, 15) is 0 Å². The molecule has 0 spiro atoms. The van der Waals surface area contributed by atoms with Crippen molar-refractivity contribution in [1.82, 2.24) is 0 Å². The zero-order valence-electron chi connectivity index (χ0n) is 4.70. The molecule has 2 N–H and O–H groups in total. The van der Waals surface area contributed by atoms with Crippen molar-refractivity contribution in [2.75, 3.05) is 0 Å². The molecule has 0 saturated heterocycles. The van der Waals surface area contributed by atoms with Crippen LogP contribution in [0.15, 0.2) is 12.2 Å². The van der Waals surface area contributed by atoms with Crippen molar-refractivity contribution in [2.24, 2.45) is 5.73 Å². The Balaban J connectivity index is 2.43. The van der Waals surface area contributed by atoms with Crippen molar-refractivity contribution in [2.45, 2.75) is 25.3 Å². The average molecular weight is 97.2 g/mol. The molecule has 7 heavy (non-hydrogen) atoms.